The number of hydrogen-bond acceptors (Lipinski definition) is 7. The summed E-state index contributed by atoms with van der Waals surface area (Å²) in [6, 6.07) is 5.58. The molecule has 0 fully saturated rings. The fraction of sp³-hybridized carbons (Fsp3) is 0.318. The van der Waals surface area contributed by atoms with Gasteiger partial charge in [-0.25, -0.2) is 9.59 Å². The van der Waals surface area contributed by atoms with Gasteiger partial charge < -0.3 is 19.5 Å². The lowest BCUT2D eigenvalue weighted by molar-refractivity contribution is -0.118. The largest absolute Gasteiger partial charge is 0.483 e. The van der Waals surface area contributed by atoms with E-state index in [0.29, 0.717) is 11.3 Å². The minimum absolute atomic E-state index is 0.0380. The second-order valence-corrected chi connectivity index (χ2v) is 7.42. The summed E-state index contributed by atoms with van der Waals surface area (Å²) in [7, 11) is 0. The van der Waals surface area contributed by atoms with Gasteiger partial charge in [0.25, 0.3) is 5.91 Å². The normalized spacial score (nSPS) is 10.3. The van der Waals surface area contributed by atoms with Crippen molar-refractivity contribution < 1.29 is 28.6 Å². The summed E-state index contributed by atoms with van der Waals surface area (Å²) in [6.07, 6.45) is 1.44. The summed E-state index contributed by atoms with van der Waals surface area (Å²) in [6.45, 7) is 10.6. The van der Waals surface area contributed by atoms with Crippen LogP contribution in [0.4, 0.5) is 5.00 Å². The van der Waals surface area contributed by atoms with Crippen molar-refractivity contribution in [2.24, 2.45) is 0 Å². The fourth-order valence-corrected chi connectivity index (χ4v) is 3.74. The predicted molar refractivity (Wildman–Crippen MR) is 116 cm³/mol. The van der Waals surface area contributed by atoms with Crippen LogP contribution in [0, 0.1) is 20.8 Å². The highest BCUT2D eigenvalue weighted by Gasteiger charge is 2.27. The molecule has 1 aromatic heterocycles. The Morgan fingerprint density at radius 3 is 2.50 bits per heavy atom. The quantitative estimate of drug-likeness (QED) is 0.472. The summed E-state index contributed by atoms with van der Waals surface area (Å²) in [4.78, 5) is 37.4. The molecule has 0 spiro atoms. The maximum atomic E-state index is 12.5. The van der Waals surface area contributed by atoms with Crippen LogP contribution in [0.5, 0.6) is 5.75 Å². The summed E-state index contributed by atoms with van der Waals surface area (Å²) in [5.74, 6) is -1.09. The number of ether oxygens (including phenoxy) is 3. The molecule has 0 saturated carbocycles. The Hall–Kier alpha value is -3.13. The van der Waals surface area contributed by atoms with Crippen LogP contribution in [0.15, 0.2) is 30.9 Å². The maximum Gasteiger partial charge on any atom is 0.348 e. The maximum absolute atomic E-state index is 12.5. The van der Waals surface area contributed by atoms with E-state index < -0.39 is 17.8 Å². The SMILES string of the molecule is C=CCOC(=O)c1sc(NC(=O)COc2cccc(C)c2C)c(C(=O)OCC)c1C. The number of carbonyl (C=O) groups excluding carboxylic acids is 3. The molecule has 0 radical (unpaired) electrons. The van der Waals surface area contributed by atoms with Crippen molar-refractivity contribution in [2.75, 3.05) is 25.1 Å². The Kier molecular flexibility index (Phi) is 8.17. The highest BCUT2D eigenvalue weighted by atomic mass is 32.1. The number of hydrogen-bond donors (Lipinski definition) is 1. The monoisotopic (exact) mass is 431 g/mol. The lowest BCUT2D eigenvalue weighted by Crippen LogP contribution is -2.21. The molecule has 1 aromatic carbocycles. The Morgan fingerprint density at radius 2 is 1.83 bits per heavy atom. The van der Waals surface area contributed by atoms with Crippen LogP contribution in [0.1, 0.15) is 43.6 Å². The smallest absolute Gasteiger partial charge is 0.348 e. The third-order valence-electron chi connectivity index (χ3n) is 4.31. The Morgan fingerprint density at radius 1 is 1.10 bits per heavy atom. The van der Waals surface area contributed by atoms with E-state index in [0.717, 1.165) is 22.5 Å². The number of thiophene rings is 1. The molecular weight excluding hydrogens is 406 g/mol. The number of benzene rings is 1. The molecule has 0 saturated heterocycles. The van der Waals surface area contributed by atoms with E-state index in [-0.39, 0.29) is 35.3 Å². The molecule has 160 valence electrons. The first kappa shape index (κ1) is 23.2. The van der Waals surface area contributed by atoms with E-state index in [1.807, 2.05) is 26.0 Å². The molecule has 2 aromatic rings. The van der Waals surface area contributed by atoms with E-state index in [4.69, 9.17) is 14.2 Å². The average molecular weight is 432 g/mol. The van der Waals surface area contributed by atoms with Crippen molar-refractivity contribution in [2.45, 2.75) is 27.7 Å². The third kappa shape index (κ3) is 5.48. The first-order chi connectivity index (χ1) is 14.3. The number of anilines is 1. The summed E-state index contributed by atoms with van der Waals surface area (Å²) in [5.41, 5.74) is 2.51. The van der Waals surface area contributed by atoms with Gasteiger partial charge in [-0.3, -0.25) is 4.79 Å². The van der Waals surface area contributed by atoms with Gasteiger partial charge in [0.1, 0.15) is 22.2 Å². The summed E-state index contributed by atoms with van der Waals surface area (Å²) < 4.78 is 15.8. The molecule has 2 rings (SSSR count). The second kappa shape index (κ2) is 10.6. The lowest BCUT2D eigenvalue weighted by Gasteiger charge is -2.11. The molecule has 0 aliphatic rings. The van der Waals surface area contributed by atoms with E-state index in [1.165, 1.54) is 6.08 Å². The zero-order valence-electron chi connectivity index (χ0n) is 17.5. The zero-order chi connectivity index (χ0) is 22.3. The number of amides is 1. The van der Waals surface area contributed by atoms with Gasteiger partial charge in [0.2, 0.25) is 0 Å². The average Bonchev–Trinajstić information content (AvgIpc) is 3.03. The van der Waals surface area contributed by atoms with Gasteiger partial charge in [-0.1, -0.05) is 24.8 Å². The molecule has 0 atom stereocenters. The van der Waals surface area contributed by atoms with Crippen molar-refractivity contribution >= 4 is 34.2 Å². The van der Waals surface area contributed by atoms with Crippen LogP contribution in [-0.2, 0) is 14.3 Å². The van der Waals surface area contributed by atoms with Gasteiger partial charge in [0.15, 0.2) is 6.61 Å². The van der Waals surface area contributed by atoms with Crippen molar-refractivity contribution in [3.63, 3.8) is 0 Å². The fourth-order valence-electron chi connectivity index (χ4n) is 2.63. The minimum atomic E-state index is -0.625. The molecule has 1 N–H and O–H groups in total. The van der Waals surface area contributed by atoms with E-state index in [2.05, 4.69) is 11.9 Å². The van der Waals surface area contributed by atoms with Crippen LogP contribution < -0.4 is 10.1 Å². The van der Waals surface area contributed by atoms with Gasteiger partial charge in [-0.15, -0.1) is 11.3 Å². The zero-order valence-corrected chi connectivity index (χ0v) is 18.3. The Balaban J connectivity index is 2.22. The van der Waals surface area contributed by atoms with Crippen LogP contribution in [0.2, 0.25) is 0 Å². The van der Waals surface area contributed by atoms with Gasteiger partial charge in [0.05, 0.1) is 12.2 Å². The van der Waals surface area contributed by atoms with Crippen molar-refractivity contribution in [1.29, 1.82) is 0 Å². The molecule has 8 heteroatoms. The van der Waals surface area contributed by atoms with E-state index in [9.17, 15) is 14.4 Å². The van der Waals surface area contributed by atoms with Crippen molar-refractivity contribution in [3.05, 3.63) is 58.0 Å². The van der Waals surface area contributed by atoms with Crippen molar-refractivity contribution in [1.82, 2.24) is 0 Å². The Labute approximate surface area is 179 Å². The molecule has 30 heavy (non-hydrogen) atoms. The number of nitrogens with one attached hydrogen (secondary N) is 1. The predicted octanol–water partition coefficient (Wildman–Crippen LogP) is 4.21. The van der Waals surface area contributed by atoms with Crippen molar-refractivity contribution in [3.8, 4) is 5.75 Å². The van der Waals surface area contributed by atoms with Crippen LogP contribution in [0.25, 0.3) is 0 Å². The standard InChI is InChI=1S/C22H25NO6S/c1-6-11-28-22(26)19-15(5)18(21(25)27-7-2)20(30-19)23-17(24)12-29-16-10-8-9-13(3)14(16)4/h6,8-10H,1,7,11-12H2,2-5H3,(H,23,24). The number of esters is 2. The molecular formula is C22H25NO6S. The molecule has 1 amide bonds. The van der Waals surface area contributed by atoms with Gasteiger partial charge in [-0.05, 0) is 50.5 Å². The number of aryl methyl sites for hydroxylation is 1. The van der Waals surface area contributed by atoms with Crippen LogP contribution in [-0.4, -0.2) is 37.7 Å². The van der Waals surface area contributed by atoms with Crippen LogP contribution in [0.3, 0.4) is 0 Å². The summed E-state index contributed by atoms with van der Waals surface area (Å²) in [5, 5.41) is 2.87. The van der Waals surface area contributed by atoms with Gasteiger partial charge >= 0.3 is 11.9 Å². The molecule has 0 bridgehead atoms. The van der Waals surface area contributed by atoms with Gasteiger partial charge in [-0.2, -0.15) is 0 Å². The molecule has 0 unspecified atom stereocenters. The topological polar surface area (TPSA) is 90.9 Å². The molecule has 7 nitrogen and oxygen atoms in total. The van der Waals surface area contributed by atoms with E-state index >= 15 is 0 Å². The van der Waals surface area contributed by atoms with Gasteiger partial charge in [0, 0.05) is 0 Å². The second-order valence-electron chi connectivity index (χ2n) is 6.40. The minimum Gasteiger partial charge on any atom is -0.483 e. The number of rotatable bonds is 9. The molecule has 0 aliphatic heterocycles. The third-order valence-corrected chi connectivity index (χ3v) is 5.50. The molecule has 0 aliphatic carbocycles. The first-order valence-corrected chi connectivity index (χ1v) is 10.2. The lowest BCUT2D eigenvalue weighted by atomic mass is 10.1. The highest BCUT2D eigenvalue weighted by Crippen LogP contribution is 2.34. The highest BCUT2D eigenvalue weighted by molar-refractivity contribution is 7.18. The van der Waals surface area contributed by atoms with E-state index in [1.54, 1.807) is 19.9 Å². The Bertz CT molecular complexity index is 963. The first-order valence-electron chi connectivity index (χ1n) is 9.37. The molecule has 1 heterocycles. The van der Waals surface area contributed by atoms with Crippen LogP contribution >= 0.6 is 11.3 Å². The number of carbonyl (C=O) groups is 3. The summed E-state index contributed by atoms with van der Waals surface area (Å²) >= 11 is 0.957.